The van der Waals surface area contributed by atoms with Gasteiger partial charge in [0, 0.05) is 30.0 Å². The first-order chi connectivity index (χ1) is 11.1. The maximum atomic E-state index is 13.2. The highest BCUT2D eigenvalue weighted by molar-refractivity contribution is 5.97. The summed E-state index contributed by atoms with van der Waals surface area (Å²) in [5.74, 6) is -0.434. The lowest BCUT2D eigenvalue weighted by atomic mass is 9.94. The summed E-state index contributed by atoms with van der Waals surface area (Å²) in [6.07, 6.45) is 6.50. The second-order valence-electron chi connectivity index (χ2n) is 6.44. The fourth-order valence-corrected chi connectivity index (χ4v) is 3.37. The fraction of sp³-hybridized carbons (Fsp3) is 0.500. The molecular weight excluding hydrogens is 293 g/mol. The predicted molar refractivity (Wildman–Crippen MR) is 90.1 cm³/mol. The van der Waals surface area contributed by atoms with Crippen molar-refractivity contribution in [1.82, 2.24) is 15.2 Å². The summed E-state index contributed by atoms with van der Waals surface area (Å²) < 4.78 is 13.2. The Bertz CT molecular complexity index is 676. The van der Waals surface area contributed by atoms with Gasteiger partial charge in [0.2, 0.25) is 0 Å². The van der Waals surface area contributed by atoms with Gasteiger partial charge in [0.25, 0.3) is 5.91 Å². The molecule has 0 saturated heterocycles. The van der Waals surface area contributed by atoms with Crippen LogP contribution in [0.5, 0.6) is 0 Å². The monoisotopic (exact) mass is 317 g/mol. The maximum Gasteiger partial charge on any atom is 0.267 e. The first-order valence-corrected chi connectivity index (χ1v) is 8.40. The molecule has 0 unspecified atom stereocenters. The van der Waals surface area contributed by atoms with E-state index < -0.39 is 0 Å². The van der Waals surface area contributed by atoms with Crippen molar-refractivity contribution in [2.24, 2.45) is 0 Å². The number of hydrogen-bond acceptors (Lipinski definition) is 2. The van der Waals surface area contributed by atoms with Crippen molar-refractivity contribution in [3.05, 3.63) is 35.8 Å². The van der Waals surface area contributed by atoms with E-state index in [0.717, 1.165) is 17.4 Å². The molecule has 124 valence electrons. The minimum Gasteiger partial charge on any atom is -0.351 e. The molecule has 0 radical (unpaired) electrons. The molecule has 0 spiro atoms. The number of halogens is 1. The van der Waals surface area contributed by atoms with Gasteiger partial charge in [0.05, 0.1) is 0 Å². The zero-order chi connectivity index (χ0) is 16.2. The van der Waals surface area contributed by atoms with E-state index in [9.17, 15) is 9.18 Å². The number of nitrogens with one attached hydrogen (secondary N) is 2. The van der Waals surface area contributed by atoms with Gasteiger partial charge >= 0.3 is 0 Å². The Labute approximate surface area is 136 Å². The van der Waals surface area contributed by atoms with Gasteiger partial charge in [-0.2, -0.15) is 0 Å². The second kappa shape index (κ2) is 7.13. The number of aromatic nitrogens is 1. The number of fused-ring (bicyclic) bond motifs is 1. The largest absolute Gasteiger partial charge is 0.351 e. The van der Waals surface area contributed by atoms with Gasteiger partial charge < -0.3 is 15.2 Å². The first-order valence-electron chi connectivity index (χ1n) is 8.40. The van der Waals surface area contributed by atoms with Crippen LogP contribution in [0.3, 0.4) is 0 Å². The van der Waals surface area contributed by atoms with Gasteiger partial charge in [0.15, 0.2) is 0 Å². The van der Waals surface area contributed by atoms with Crippen LogP contribution in [0.1, 0.15) is 42.6 Å². The van der Waals surface area contributed by atoms with Crippen molar-refractivity contribution in [2.75, 3.05) is 20.1 Å². The molecule has 3 rings (SSSR count). The molecule has 1 heterocycles. The maximum absolute atomic E-state index is 13.2. The summed E-state index contributed by atoms with van der Waals surface area (Å²) in [4.78, 5) is 17.6. The first kappa shape index (κ1) is 16.0. The highest BCUT2D eigenvalue weighted by Gasteiger charge is 2.17. The molecule has 2 aromatic rings. The fourth-order valence-electron chi connectivity index (χ4n) is 3.37. The average Bonchev–Trinajstić information content (AvgIpc) is 2.98. The van der Waals surface area contributed by atoms with E-state index in [1.807, 2.05) is 0 Å². The molecule has 2 N–H and O–H groups in total. The van der Waals surface area contributed by atoms with Crippen LogP contribution in [0.15, 0.2) is 24.3 Å². The van der Waals surface area contributed by atoms with Gasteiger partial charge in [-0.3, -0.25) is 4.79 Å². The quantitative estimate of drug-likeness (QED) is 0.889. The number of amides is 1. The zero-order valence-corrected chi connectivity index (χ0v) is 13.6. The number of carbonyl (C=O) groups excluding carboxylic acids is 1. The van der Waals surface area contributed by atoms with Gasteiger partial charge in [-0.25, -0.2) is 4.39 Å². The Morgan fingerprint density at radius 3 is 2.87 bits per heavy atom. The van der Waals surface area contributed by atoms with Crippen LogP contribution in [0.25, 0.3) is 10.9 Å². The molecule has 0 bridgehead atoms. The number of rotatable bonds is 5. The Kier molecular flexibility index (Phi) is 4.96. The van der Waals surface area contributed by atoms with Crippen LogP contribution in [-0.4, -0.2) is 42.0 Å². The SMILES string of the molecule is CN(CCNC(=O)c1cc2cc(F)ccc2[nH]1)C1CCCCC1. The van der Waals surface area contributed by atoms with Crippen molar-refractivity contribution in [3.63, 3.8) is 0 Å². The lowest BCUT2D eigenvalue weighted by molar-refractivity contribution is 0.0940. The van der Waals surface area contributed by atoms with E-state index in [0.29, 0.717) is 18.3 Å². The van der Waals surface area contributed by atoms with Crippen LogP contribution in [-0.2, 0) is 0 Å². The molecule has 5 heteroatoms. The van der Waals surface area contributed by atoms with E-state index in [-0.39, 0.29) is 11.7 Å². The van der Waals surface area contributed by atoms with Crippen LogP contribution >= 0.6 is 0 Å². The number of H-pyrrole nitrogens is 1. The van der Waals surface area contributed by atoms with Gasteiger partial charge in [-0.05, 0) is 44.2 Å². The molecule has 1 aliphatic carbocycles. The minimum absolute atomic E-state index is 0.140. The van der Waals surface area contributed by atoms with Gasteiger partial charge in [-0.15, -0.1) is 0 Å². The summed E-state index contributed by atoms with van der Waals surface area (Å²) in [5.41, 5.74) is 1.25. The molecule has 23 heavy (non-hydrogen) atoms. The topological polar surface area (TPSA) is 48.1 Å². The van der Waals surface area contributed by atoms with Crippen molar-refractivity contribution < 1.29 is 9.18 Å². The Morgan fingerprint density at radius 1 is 1.30 bits per heavy atom. The summed E-state index contributed by atoms with van der Waals surface area (Å²) in [6.45, 7) is 1.47. The lowest BCUT2D eigenvalue weighted by Crippen LogP contribution is -2.39. The normalized spacial score (nSPS) is 16.1. The van der Waals surface area contributed by atoms with Crippen molar-refractivity contribution in [1.29, 1.82) is 0 Å². The summed E-state index contributed by atoms with van der Waals surface area (Å²) in [6, 6.07) is 6.81. The predicted octanol–water partition coefficient (Wildman–Crippen LogP) is 3.30. The van der Waals surface area contributed by atoms with E-state index in [2.05, 4.69) is 22.2 Å². The molecular formula is C18H24FN3O. The Morgan fingerprint density at radius 2 is 2.09 bits per heavy atom. The van der Waals surface area contributed by atoms with Crippen LogP contribution in [0.2, 0.25) is 0 Å². The summed E-state index contributed by atoms with van der Waals surface area (Å²) >= 11 is 0. The molecule has 1 amide bonds. The number of nitrogens with zero attached hydrogens (tertiary/aromatic N) is 1. The molecule has 4 nitrogen and oxygen atoms in total. The minimum atomic E-state index is -0.294. The molecule has 1 aliphatic rings. The van der Waals surface area contributed by atoms with Gasteiger partial charge in [0.1, 0.15) is 11.5 Å². The van der Waals surface area contributed by atoms with E-state index >= 15 is 0 Å². The number of carbonyl (C=O) groups is 1. The Balaban J connectivity index is 1.52. The highest BCUT2D eigenvalue weighted by Crippen LogP contribution is 2.21. The molecule has 1 saturated carbocycles. The number of aromatic amines is 1. The third kappa shape index (κ3) is 3.91. The van der Waals surface area contributed by atoms with Crippen molar-refractivity contribution >= 4 is 16.8 Å². The van der Waals surface area contributed by atoms with Crippen molar-refractivity contribution in [3.8, 4) is 0 Å². The summed E-state index contributed by atoms with van der Waals surface area (Å²) in [7, 11) is 2.13. The van der Waals surface area contributed by atoms with Gasteiger partial charge in [-0.1, -0.05) is 19.3 Å². The number of hydrogen-bond donors (Lipinski definition) is 2. The van der Waals surface area contributed by atoms with Crippen LogP contribution in [0.4, 0.5) is 4.39 Å². The molecule has 0 atom stereocenters. The molecule has 1 aromatic heterocycles. The third-order valence-corrected chi connectivity index (χ3v) is 4.78. The number of benzene rings is 1. The summed E-state index contributed by atoms with van der Waals surface area (Å²) in [5, 5.41) is 3.66. The van der Waals surface area contributed by atoms with E-state index in [1.165, 1.54) is 44.2 Å². The van der Waals surface area contributed by atoms with E-state index in [1.54, 1.807) is 12.1 Å². The smallest absolute Gasteiger partial charge is 0.267 e. The lowest BCUT2D eigenvalue weighted by Gasteiger charge is -2.31. The van der Waals surface area contributed by atoms with E-state index in [4.69, 9.17) is 0 Å². The molecule has 1 aromatic carbocycles. The van der Waals surface area contributed by atoms with Crippen LogP contribution < -0.4 is 5.32 Å². The zero-order valence-electron chi connectivity index (χ0n) is 13.6. The standard InChI is InChI=1S/C18H24FN3O/c1-22(15-5-3-2-4-6-15)10-9-20-18(23)17-12-13-11-14(19)7-8-16(13)21-17/h7-8,11-12,15,21H,2-6,9-10H2,1H3,(H,20,23). The van der Waals surface area contributed by atoms with Crippen molar-refractivity contribution in [2.45, 2.75) is 38.1 Å². The second-order valence-corrected chi connectivity index (χ2v) is 6.44. The highest BCUT2D eigenvalue weighted by atomic mass is 19.1. The van der Waals surface area contributed by atoms with Crippen LogP contribution in [0, 0.1) is 5.82 Å². The average molecular weight is 317 g/mol. The third-order valence-electron chi connectivity index (χ3n) is 4.78. The molecule has 1 fully saturated rings. The molecule has 0 aliphatic heterocycles. The number of likely N-dealkylation sites (N-methyl/N-ethyl adjacent to an activating group) is 1. The Hall–Kier alpha value is -1.88.